The van der Waals surface area contributed by atoms with Crippen LogP contribution in [0.25, 0.3) is 22.3 Å². The first-order valence-electron chi connectivity index (χ1n) is 11.3. The summed E-state index contributed by atoms with van der Waals surface area (Å²) in [6.45, 7) is 0. The van der Waals surface area contributed by atoms with Gasteiger partial charge in [-0.15, -0.1) is 0 Å². The third-order valence-corrected chi connectivity index (χ3v) is 5.91. The molecule has 5 aromatic rings. The second kappa shape index (κ2) is 9.80. The van der Waals surface area contributed by atoms with Crippen LogP contribution in [0.4, 0.5) is 17.1 Å². The molecule has 0 saturated carbocycles. The van der Waals surface area contributed by atoms with E-state index in [1.54, 1.807) is 12.1 Å². The molecule has 4 heteroatoms. The van der Waals surface area contributed by atoms with Gasteiger partial charge in [-0.25, -0.2) is 0 Å². The van der Waals surface area contributed by atoms with Gasteiger partial charge in [0.25, 0.3) is 0 Å². The number of benzene rings is 5. The first-order chi connectivity index (χ1) is 16.7. The van der Waals surface area contributed by atoms with Crippen molar-refractivity contribution in [3.8, 4) is 22.3 Å². The molecule has 0 aromatic heterocycles. The topological polar surface area (TPSA) is 43.7 Å². The van der Waals surface area contributed by atoms with Crippen molar-refractivity contribution >= 4 is 29.6 Å². The number of hydrogen-bond acceptors (Lipinski definition) is 3. The van der Waals surface area contributed by atoms with Crippen LogP contribution in [0.2, 0.25) is 0 Å². The van der Waals surface area contributed by atoms with Gasteiger partial charge in [-0.1, -0.05) is 97.1 Å². The number of nitrogens with zero attached hydrogens (tertiary/aromatic N) is 1. The molecule has 0 spiro atoms. The molecule has 0 amide bonds. The smallest absolute Gasteiger partial charge is 0.423 e. The van der Waals surface area contributed by atoms with E-state index in [0.717, 1.165) is 28.2 Å². The van der Waals surface area contributed by atoms with E-state index in [-0.39, 0.29) is 0 Å². The Labute approximate surface area is 200 Å². The fourth-order valence-corrected chi connectivity index (χ4v) is 4.11. The van der Waals surface area contributed by atoms with Crippen molar-refractivity contribution in [1.29, 1.82) is 0 Å². The second-order valence-electron chi connectivity index (χ2n) is 8.13. The summed E-state index contributed by atoms with van der Waals surface area (Å²) < 4.78 is 0. The molecular formula is C30H24BNO2. The van der Waals surface area contributed by atoms with Crippen molar-refractivity contribution in [3.05, 3.63) is 133 Å². The fraction of sp³-hybridized carbons (Fsp3) is 0. The van der Waals surface area contributed by atoms with E-state index in [1.807, 2.05) is 48.5 Å². The van der Waals surface area contributed by atoms with E-state index in [0.29, 0.717) is 5.46 Å². The van der Waals surface area contributed by atoms with E-state index in [4.69, 9.17) is 0 Å². The summed E-state index contributed by atoms with van der Waals surface area (Å²) in [6.07, 6.45) is 0. The van der Waals surface area contributed by atoms with Gasteiger partial charge in [-0.05, 0) is 64.1 Å². The largest absolute Gasteiger partial charge is 0.488 e. The lowest BCUT2D eigenvalue weighted by molar-refractivity contribution is 0.426. The summed E-state index contributed by atoms with van der Waals surface area (Å²) in [7, 11) is -1.49. The molecule has 164 valence electrons. The molecule has 0 fully saturated rings. The van der Waals surface area contributed by atoms with Gasteiger partial charge >= 0.3 is 7.12 Å². The highest BCUT2D eigenvalue weighted by Gasteiger charge is 2.15. The summed E-state index contributed by atoms with van der Waals surface area (Å²) in [4.78, 5) is 2.16. The van der Waals surface area contributed by atoms with Crippen molar-refractivity contribution in [2.24, 2.45) is 0 Å². The highest BCUT2D eigenvalue weighted by Crippen LogP contribution is 2.36. The van der Waals surface area contributed by atoms with Gasteiger partial charge < -0.3 is 14.9 Å². The molecule has 5 rings (SSSR count). The standard InChI is InChI=1S/C30H24BNO2/c33-31(34)27-15-21-30(22-16-27)32(28-17-11-25(12-18-28)23-7-3-1-4-8-23)29-19-13-26(14-20-29)24-9-5-2-6-10-24/h1-22,33-34H. The van der Waals surface area contributed by atoms with E-state index in [9.17, 15) is 10.0 Å². The molecule has 0 aliphatic carbocycles. The van der Waals surface area contributed by atoms with E-state index < -0.39 is 7.12 Å². The molecule has 0 saturated heterocycles. The average Bonchev–Trinajstić information content (AvgIpc) is 2.91. The van der Waals surface area contributed by atoms with Crippen LogP contribution < -0.4 is 10.4 Å². The summed E-state index contributed by atoms with van der Waals surface area (Å²) in [5.74, 6) is 0. The van der Waals surface area contributed by atoms with Crippen LogP contribution >= 0.6 is 0 Å². The van der Waals surface area contributed by atoms with Crippen molar-refractivity contribution in [1.82, 2.24) is 0 Å². The van der Waals surface area contributed by atoms with Crippen molar-refractivity contribution in [2.75, 3.05) is 4.90 Å². The molecule has 0 atom stereocenters. The number of hydrogen-bond donors (Lipinski definition) is 2. The number of rotatable bonds is 6. The number of anilines is 3. The molecule has 0 aliphatic heterocycles. The lowest BCUT2D eigenvalue weighted by Gasteiger charge is -2.26. The predicted molar refractivity (Wildman–Crippen MR) is 142 cm³/mol. The van der Waals surface area contributed by atoms with Gasteiger partial charge in [0.05, 0.1) is 0 Å². The van der Waals surface area contributed by atoms with Gasteiger partial charge in [0.15, 0.2) is 0 Å². The van der Waals surface area contributed by atoms with Crippen molar-refractivity contribution in [3.63, 3.8) is 0 Å². The summed E-state index contributed by atoms with van der Waals surface area (Å²) >= 11 is 0. The minimum atomic E-state index is -1.49. The van der Waals surface area contributed by atoms with Crippen LogP contribution in [0.3, 0.4) is 0 Å². The molecule has 0 heterocycles. The Balaban J connectivity index is 1.53. The van der Waals surface area contributed by atoms with Crippen molar-refractivity contribution in [2.45, 2.75) is 0 Å². The lowest BCUT2D eigenvalue weighted by Crippen LogP contribution is -2.29. The van der Waals surface area contributed by atoms with Gasteiger partial charge in [0, 0.05) is 17.1 Å². The van der Waals surface area contributed by atoms with Gasteiger partial charge in [0.1, 0.15) is 0 Å². The van der Waals surface area contributed by atoms with Gasteiger partial charge in [0.2, 0.25) is 0 Å². The lowest BCUT2D eigenvalue weighted by atomic mass is 9.80. The Bertz CT molecular complexity index is 1250. The van der Waals surface area contributed by atoms with Crippen LogP contribution in [0.5, 0.6) is 0 Å². The zero-order valence-electron chi connectivity index (χ0n) is 18.6. The SMILES string of the molecule is OB(O)c1ccc(N(c2ccc(-c3ccccc3)cc2)c2ccc(-c3ccccc3)cc2)cc1. The zero-order valence-corrected chi connectivity index (χ0v) is 18.6. The second-order valence-corrected chi connectivity index (χ2v) is 8.13. The quantitative estimate of drug-likeness (QED) is 0.310. The third-order valence-electron chi connectivity index (χ3n) is 5.91. The van der Waals surface area contributed by atoms with Crippen LogP contribution in [-0.2, 0) is 0 Å². The molecule has 0 unspecified atom stereocenters. The minimum absolute atomic E-state index is 0.461. The molecule has 0 bridgehead atoms. The Kier molecular flexibility index (Phi) is 6.26. The minimum Gasteiger partial charge on any atom is -0.423 e. The molecular weight excluding hydrogens is 417 g/mol. The van der Waals surface area contributed by atoms with Crippen LogP contribution in [0, 0.1) is 0 Å². The predicted octanol–water partition coefficient (Wildman–Crippen LogP) is 6.17. The first-order valence-corrected chi connectivity index (χ1v) is 11.3. The van der Waals surface area contributed by atoms with E-state index >= 15 is 0 Å². The molecule has 34 heavy (non-hydrogen) atoms. The highest BCUT2D eigenvalue weighted by atomic mass is 16.4. The average molecular weight is 441 g/mol. The summed E-state index contributed by atoms with van der Waals surface area (Å²) in [5, 5.41) is 19.0. The molecule has 2 N–H and O–H groups in total. The molecule has 5 aromatic carbocycles. The normalized spacial score (nSPS) is 10.6. The fourth-order valence-electron chi connectivity index (χ4n) is 4.11. The Morgan fingerprint density at radius 3 is 1.06 bits per heavy atom. The molecule has 0 radical (unpaired) electrons. The summed E-state index contributed by atoms with van der Waals surface area (Å²) in [5.41, 5.74) is 8.09. The van der Waals surface area contributed by atoms with Crippen molar-refractivity contribution < 1.29 is 10.0 Å². The zero-order chi connectivity index (χ0) is 23.3. The maximum absolute atomic E-state index is 9.51. The monoisotopic (exact) mass is 441 g/mol. The summed E-state index contributed by atoms with van der Waals surface area (Å²) in [6, 6.07) is 44.9. The van der Waals surface area contributed by atoms with Crippen LogP contribution in [-0.4, -0.2) is 17.2 Å². The van der Waals surface area contributed by atoms with Crippen LogP contribution in [0.15, 0.2) is 133 Å². The van der Waals surface area contributed by atoms with Gasteiger partial charge in [-0.2, -0.15) is 0 Å². The van der Waals surface area contributed by atoms with Gasteiger partial charge in [-0.3, -0.25) is 0 Å². The van der Waals surface area contributed by atoms with E-state index in [1.165, 1.54) is 11.1 Å². The Morgan fingerprint density at radius 1 is 0.382 bits per heavy atom. The molecule has 0 aliphatic rings. The highest BCUT2D eigenvalue weighted by molar-refractivity contribution is 6.58. The van der Waals surface area contributed by atoms with Crippen LogP contribution in [0.1, 0.15) is 0 Å². The Hall–Kier alpha value is -4.12. The maximum Gasteiger partial charge on any atom is 0.488 e. The maximum atomic E-state index is 9.51. The molecule has 3 nitrogen and oxygen atoms in total. The Morgan fingerprint density at radius 2 is 0.706 bits per heavy atom. The van der Waals surface area contributed by atoms with E-state index in [2.05, 4.69) is 77.7 Å². The third kappa shape index (κ3) is 4.64. The first kappa shape index (κ1) is 21.7.